The topological polar surface area (TPSA) is 178 Å². The Balaban J connectivity index is 1.89. The number of amides is 3. The van der Waals surface area contributed by atoms with Crippen LogP contribution < -0.4 is 20.9 Å². The predicted octanol–water partition coefficient (Wildman–Crippen LogP) is 1.29. The van der Waals surface area contributed by atoms with E-state index in [4.69, 9.17) is 5.11 Å². The smallest absolute Gasteiger partial charge is 0.305 e. The summed E-state index contributed by atoms with van der Waals surface area (Å²) in [6.07, 6.45) is 0.148. The number of carboxylic acids is 1. The predicted molar refractivity (Wildman–Crippen MR) is 143 cm³/mol. The number of nitrogens with zero attached hydrogens (tertiary/aromatic N) is 2. The Morgan fingerprint density at radius 2 is 1.69 bits per heavy atom. The van der Waals surface area contributed by atoms with Crippen LogP contribution in [0.15, 0.2) is 60.8 Å². The molecule has 0 fully saturated rings. The molecule has 12 heteroatoms. The molecule has 0 radical (unpaired) electrons. The molecule has 0 saturated heterocycles. The minimum absolute atomic E-state index is 0.121. The molecule has 2 aromatic carbocycles. The Kier molecular flexibility index (Phi) is 9.65. The van der Waals surface area contributed by atoms with Crippen LogP contribution in [0.25, 0.3) is 10.8 Å². The molecular formula is C27H29N5O7. The molecule has 0 aliphatic carbocycles. The second-order valence-electron chi connectivity index (χ2n) is 8.75. The molecule has 3 amide bonds. The lowest BCUT2D eigenvalue weighted by atomic mass is 10.1. The number of hydrogen-bond donors (Lipinski definition) is 5. The summed E-state index contributed by atoms with van der Waals surface area (Å²) in [5.74, 6) is -3.37. The lowest BCUT2D eigenvalue weighted by molar-refractivity contribution is -0.138. The van der Waals surface area contributed by atoms with Crippen molar-refractivity contribution < 1.29 is 34.2 Å². The number of anilines is 2. The fourth-order valence-electron chi connectivity index (χ4n) is 3.92. The van der Waals surface area contributed by atoms with Gasteiger partial charge in [0.15, 0.2) is 0 Å². The highest BCUT2D eigenvalue weighted by molar-refractivity contribution is 6.09. The van der Waals surface area contributed by atoms with Gasteiger partial charge in [-0.15, -0.1) is 0 Å². The fourth-order valence-corrected chi connectivity index (χ4v) is 3.92. The first-order valence-corrected chi connectivity index (χ1v) is 12.1. The number of aromatic nitrogens is 1. The number of benzene rings is 2. The van der Waals surface area contributed by atoms with E-state index in [0.29, 0.717) is 17.4 Å². The van der Waals surface area contributed by atoms with Crippen molar-refractivity contribution in [2.24, 2.45) is 0 Å². The van der Waals surface area contributed by atoms with Gasteiger partial charge in [-0.2, -0.15) is 0 Å². The summed E-state index contributed by atoms with van der Waals surface area (Å²) < 4.78 is 0. The summed E-state index contributed by atoms with van der Waals surface area (Å²) in [6.45, 7) is 2.31. The molecule has 1 aromatic heterocycles. The van der Waals surface area contributed by atoms with Crippen LogP contribution in [0.4, 0.5) is 11.4 Å². The highest BCUT2D eigenvalue weighted by Gasteiger charge is 2.29. The maximum Gasteiger partial charge on any atom is 0.305 e. The van der Waals surface area contributed by atoms with Crippen LogP contribution in [0.2, 0.25) is 0 Å². The quantitative estimate of drug-likeness (QED) is 0.169. The number of carboxylic acid groups (broad SMARTS) is 1. The van der Waals surface area contributed by atoms with Crippen LogP contribution in [0, 0.1) is 0 Å². The molecule has 3 aromatic rings. The number of aldehydes is 1. The Morgan fingerprint density at radius 1 is 1.00 bits per heavy atom. The monoisotopic (exact) mass is 535 g/mol. The average molecular weight is 536 g/mol. The van der Waals surface area contributed by atoms with Gasteiger partial charge < -0.3 is 31.0 Å². The van der Waals surface area contributed by atoms with Crippen molar-refractivity contribution in [3.63, 3.8) is 0 Å². The van der Waals surface area contributed by atoms with Crippen LogP contribution >= 0.6 is 0 Å². The van der Waals surface area contributed by atoms with Gasteiger partial charge in [0.25, 0.3) is 5.91 Å². The molecule has 3 atom stereocenters. The Bertz CT molecular complexity index is 1370. The normalized spacial score (nSPS) is 13.0. The number of aliphatic hydroxyl groups excluding tert-OH is 1. The number of pyridine rings is 1. The van der Waals surface area contributed by atoms with Crippen LogP contribution in [0.1, 0.15) is 30.8 Å². The van der Waals surface area contributed by atoms with E-state index in [1.54, 1.807) is 36.4 Å². The first-order valence-electron chi connectivity index (χ1n) is 12.1. The molecule has 0 aliphatic heterocycles. The van der Waals surface area contributed by atoms with E-state index in [-0.39, 0.29) is 11.4 Å². The molecule has 0 saturated carbocycles. The number of hydrogen-bond acceptors (Lipinski definition) is 8. The summed E-state index contributed by atoms with van der Waals surface area (Å²) in [6, 6.07) is 12.9. The number of carbonyl (C=O) groups is 5. The summed E-state index contributed by atoms with van der Waals surface area (Å²) in [5, 5.41) is 27.9. The second-order valence-corrected chi connectivity index (χ2v) is 8.75. The maximum atomic E-state index is 13.6. The summed E-state index contributed by atoms with van der Waals surface area (Å²) in [4.78, 5) is 67.0. The number of aliphatic carboxylic acids is 1. The summed E-state index contributed by atoms with van der Waals surface area (Å²) >= 11 is 0. The van der Waals surface area contributed by atoms with Crippen LogP contribution in [-0.4, -0.2) is 70.0 Å². The van der Waals surface area contributed by atoms with Gasteiger partial charge in [0.2, 0.25) is 11.8 Å². The van der Waals surface area contributed by atoms with Gasteiger partial charge in [0, 0.05) is 11.6 Å². The number of aliphatic hydroxyl groups is 1. The highest BCUT2D eigenvalue weighted by atomic mass is 16.4. The number of nitrogens with one attached hydrogen (secondary N) is 3. The standard InChI is InChI=1S/C27H29N5O7/c1-16(29-26(38)25-20-8-4-3-7-18(20)11-12-28-25)27(39)32(14-23(35)31-19(15-33)13-24(36)37)22-10-6-5-9-21(22)30-17(2)34/h3-12,15-17,19,30,34H,13-14H2,1-2H3,(H,29,38)(H,31,35)(H,36,37)/t16-,17?,19-/m0/s1. The SMILES string of the molecule is CC(O)Nc1ccccc1N(CC(=O)N[C@H](C=O)CC(=O)O)C(=O)[C@H](C)NC(=O)c1nccc2ccccc12. The highest BCUT2D eigenvalue weighted by Crippen LogP contribution is 2.27. The zero-order valence-electron chi connectivity index (χ0n) is 21.3. The maximum absolute atomic E-state index is 13.6. The molecule has 0 bridgehead atoms. The molecule has 204 valence electrons. The van der Waals surface area contributed by atoms with Crippen molar-refractivity contribution in [1.82, 2.24) is 15.6 Å². The van der Waals surface area contributed by atoms with Gasteiger partial charge >= 0.3 is 5.97 Å². The van der Waals surface area contributed by atoms with Gasteiger partial charge in [-0.3, -0.25) is 29.1 Å². The summed E-state index contributed by atoms with van der Waals surface area (Å²) in [7, 11) is 0. The molecule has 1 heterocycles. The van der Waals surface area contributed by atoms with Crippen molar-refractivity contribution >= 4 is 52.1 Å². The number of rotatable bonds is 12. The van der Waals surface area contributed by atoms with Gasteiger partial charge in [-0.1, -0.05) is 36.4 Å². The van der Waals surface area contributed by atoms with Crippen LogP contribution in [-0.2, 0) is 19.2 Å². The Morgan fingerprint density at radius 3 is 2.38 bits per heavy atom. The third-order valence-electron chi connectivity index (χ3n) is 5.64. The third kappa shape index (κ3) is 7.58. The molecule has 5 N–H and O–H groups in total. The lowest BCUT2D eigenvalue weighted by Crippen LogP contribution is -2.51. The minimum Gasteiger partial charge on any atom is -0.481 e. The zero-order valence-corrected chi connectivity index (χ0v) is 21.3. The van der Waals surface area contributed by atoms with Crippen molar-refractivity contribution in [3.8, 4) is 0 Å². The third-order valence-corrected chi connectivity index (χ3v) is 5.64. The van der Waals surface area contributed by atoms with Gasteiger partial charge in [-0.05, 0) is 37.4 Å². The van der Waals surface area contributed by atoms with Gasteiger partial charge in [-0.25, -0.2) is 0 Å². The molecule has 1 unspecified atom stereocenters. The Hall–Kier alpha value is -4.84. The van der Waals surface area contributed by atoms with E-state index in [9.17, 15) is 29.1 Å². The number of para-hydroxylation sites is 2. The van der Waals surface area contributed by atoms with Crippen LogP contribution in [0.5, 0.6) is 0 Å². The van der Waals surface area contributed by atoms with Crippen molar-refractivity contribution in [3.05, 3.63) is 66.5 Å². The van der Waals surface area contributed by atoms with E-state index < -0.39 is 55.0 Å². The molecule has 12 nitrogen and oxygen atoms in total. The first kappa shape index (κ1) is 28.7. The molecule has 0 aliphatic rings. The number of carbonyl (C=O) groups excluding carboxylic acids is 4. The van der Waals surface area contributed by atoms with Crippen LogP contribution in [0.3, 0.4) is 0 Å². The van der Waals surface area contributed by atoms with E-state index in [2.05, 4.69) is 20.9 Å². The fraction of sp³-hybridized carbons (Fsp3) is 0.259. The summed E-state index contributed by atoms with van der Waals surface area (Å²) in [5.41, 5.74) is 0.653. The lowest BCUT2D eigenvalue weighted by Gasteiger charge is -2.28. The largest absolute Gasteiger partial charge is 0.481 e. The van der Waals surface area contributed by atoms with Gasteiger partial charge in [0.1, 0.15) is 30.8 Å². The molecule has 39 heavy (non-hydrogen) atoms. The zero-order chi connectivity index (χ0) is 28.5. The molecule has 3 rings (SSSR count). The van der Waals surface area contributed by atoms with E-state index >= 15 is 0 Å². The number of fused-ring (bicyclic) bond motifs is 1. The van der Waals surface area contributed by atoms with Crippen molar-refractivity contribution in [2.45, 2.75) is 38.6 Å². The van der Waals surface area contributed by atoms with E-state index in [1.807, 2.05) is 12.1 Å². The van der Waals surface area contributed by atoms with E-state index in [1.165, 1.54) is 26.1 Å². The Labute approximate surface area is 224 Å². The van der Waals surface area contributed by atoms with Crippen molar-refractivity contribution in [2.75, 3.05) is 16.8 Å². The van der Waals surface area contributed by atoms with Crippen molar-refractivity contribution in [1.29, 1.82) is 0 Å². The first-order chi connectivity index (χ1) is 18.6. The average Bonchev–Trinajstić information content (AvgIpc) is 2.90. The molecular weight excluding hydrogens is 506 g/mol. The van der Waals surface area contributed by atoms with E-state index in [0.717, 1.165) is 10.3 Å². The second kappa shape index (κ2) is 13.1. The molecule has 0 spiro atoms. The van der Waals surface area contributed by atoms with Gasteiger partial charge in [0.05, 0.1) is 23.8 Å². The minimum atomic E-state index is -1.30.